The van der Waals surface area contributed by atoms with Crippen molar-refractivity contribution in [3.8, 4) is 0 Å². The molecule has 0 spiro atoms. The summed E-state index contributed by atoms with van der Waals surface area (Å²) < 4.78 is 0. The molecule has 2 fully saturated rings. The lowest BCUT2D eigenvalue weighted by atomic mass is 10.1. The number of urea groups is 2. The van der Waals surface area contributed by atoms with Crippen molar-refractivity contribution in [2.24, 2.45) is 20.7 Å². The molecule has 0 aromatic heterocycles. The Morgan fingerprint density at radius 3 is 2.03 bits per heavy atom. The van der Waals surface area contributed by atoms with Crippen LogP contribution >= 0.6 is 0 Å². The SMILES string of the molecule is O=C1CC(=O)N(N=NN2C(=O)C(N=Nc3ccccc3)C(=O)N(c3ccccc3)C2=O)C(=O)N1. The van der Waals surface area contributed by atoms with Crippen LogP contribution in [0.15, 0.2) is 81.3 Å². The van der Waals surface area contributed by atoms with E-state index in [0.717, 1.165) is 0 Å². The topological polar surface area (TPSA) is 174 Å². The molecule has 0 saturated carbocycles. The smallest absolute Gasteiger partial charge is 0.276 e. The standard InChI is InChI=1S/C20H14N8O6/c29-14-11-15(30)27(19(33)21-14)24-25-28-18(32)16(23-22-12-7-3-1-4-8-12)17(31)26(20(28)34)13-9-5-2-6-10-13/h1-10,16H,11H2,(H,21,29,33). The van der Waals surface area contributed by atoms with Crippen LogP contribution in [0.5, 0.6) is 0 Å². The van der Waals surface area contributed by atoms with E-state index in [2.05, 4.69) is 20.7 Å². The maximum absolute atomic E-state index is 13.0. The molecule has 34 heavy (non-hydrogen) atoms. The number of nitrogens with one attached hydrogen (secondary N) is 1. The molecule has 1 atom stereocenters. The lowest BCUT2D eigenvalue weighted by Gasteiger charge is -2.31. The van der Waals surface area contributed by atoms with E-state index in [1.165, 1.54) is 12.1 Å². The number of carbonyl (C=O) groups excluding carboxylic acids is 6. The van der Waals surface area contributed by atoms with Gasteiger partial charge in [0, 0.05) is 0 Å². The molecule has 0 bridgehead atoms. The molecule has 2 aromatic carbocycles. The fraction of sp³-hybridized carbons (Fsp3) is 0.100. The number of hydrogen-bond donors (Lipinski definition) is 1. The minimum Gasteiger partial charge on any atom is -0.276 e. The molecule has 4 rings (SSSR count). The van der Waals surface area contributed by atoms with Gasteiger partial charge in [0.25, 0.3) is 17.7 Å². The van der Waals surface area contributed by atoms with Crippen molar-refractivity contribution in [3.05, 3.63) is 60.7 Å². The van der Waals surface area contributed by atoms with Gasteiger partial charge in [-0.1, -0.05) is 36.4 Å². The van der Waals surface area contributed by atoms with Crippen LogP contribution in [0.3, 0.4) is 0 Å². The van der Waals surface area contributed by atoms with Gasteiger partial charge < -0.3 is 0 Å². The number of imide groups is 4. The number of rotatable bonds is 5. The van der Waals surface area contributed by atoms with E-state index in [9.17, 15) is 28.8 Å². The summed E-state index contributed by atoms with van der Waals surface area (Å²) in [7, 11) is 0. The Morgan fingerprint density at radius 1 is 0.765 bits per heavy atom. The number of hydrogen-bond acceptors (Lipinski definition) is 10. The highest BCUT2D eigenvalue weighted by Crippen LogP contribution is 2.25. The Labute approximate surface area is 190 Å². The van der Waals surface area contributed by atoms with Gasteiger partial charge in [0.15, 0.2) is 0 Å². The van der Waals surface area contributed by atoms with Gasteiger partial charge >= 0.3 is 12.1 Å². The van der Waals surface area contributed by atoms with E-state index in [-0.39, 0.29) is 15.7 Å². The zero-order valence-corrected chi connectivity index (χ0v) is 17.1. The van der Waals surface area contributed by atoms with Crippen molar-refractivity contribution in [2.45, 2.75) is 12.5 Å². The highest BCUT2D eigenvalue weighted by molar-refractivity contribution is 6.29. The van der Waals surface area contributed by atoms with Gasteiger partial charge in [-0.2, -0.15) is 10.2 Å². The van der Waals surface area contributed by atoms with Gasteiger partial charge in [-0.3, -0.25) is 24.5 Å². The fourth-order valence-corrected chi connectivity index (χ4v) is 2.95. The summed E-state index contributed by atoms with van der Waals surface area (Å²) in [4.78, 5) is 74.6. The van der Waals surface area contributed by atoms with Crippen LogP contribution in [0.25, 0.3) is 0 Å². The third-order valence-corrected chi connectivity index (χ3v) is 4.53. The molecule has 2 saturated heterocycles. The Bertz CT molecular complexity index is 1230. The molecule has 1 unspecified atom stereocenters. The maximum Gasteiger partial charge on any atom is 0.360 e. The van der Waals surface area contributed by atoms with Crippen molar-refractivity contribution < 1.29 is 28.8 Å². The zero-order chi connectivity index (χ0) is 24.2. The van der Waals surface area contributed by atoms with Crippen molar-refractivity contribution in [1.29, 1.82) is 0 Å². The van der Waals surface area contributed by atoms with Crippen molar-refractivity contribution >= 4 is 47.1 Å². The third-order valence-electron chi connectivity index (χ3n) is 4.53. The second kappa shape index (κ2) is 9.15. The Kier molecular flexibility index (Phi) is 5.94. The highest BCUT2D eigenvalue weighted by Gasteiger charge is 2.48. The lowest BCUT2D eigenvalue weighted by molar-refractivity contribution is -0.140. The number of benzene rings is 2. The summed E-state index contributed by atoms with van der Waals surface area (Å²) >= 11 is 0. The molecule has 1 N–H and O–H groups in total. The first kappa shape index (κ1) is 22.1. The van der Waals surface area contributed by atoms with E-state index in [0.29, 0.717) is 10.6 Å². The van der Waals surface area contributed by atoms with E-state index in [1.54, 1.807) is 48.5 Å². The van der Waals surface area contributed by atoms with E-state index >= 15 is 0 Å². The Hall–Kier alpha value is -5.14. The van der Waals surface area contributed by atoms with Crippen LogP contribution in [0.1, 0.15) is 6.42 Å². The first-order chi connectivity index (χ1) is 16.4. The number of carbonyl (C=O) groups is 6. The maximum atomic E-state index is 13.0. The average Bonchev–Trinajstić information content (AvgIpc) is 2.81. The molecule has 0 radical (unpaired) electrons. The molecule has 2 aromatic rings. The molecular formula is C20H14N8O6. The van der Waals surface area contributed by atoms with Crippen LogP contribution in [-0.2, 0) is 19.2 Å². The van der Waals surface area contributed by atoms with Crippen LogP contribution < -0.4 is 10.2 Å². The summed E-state index contributed by atoms with van der Waals surface area (Å²) in [5, 5.41) is 16.6. The molecule has 14 heteroatoms. The first-order valence-electron chi connectivity index (χ1n) is 9.68. The molecule has 2 heterocycles. The average molecular weight is 462 g/mol. The first-order valence-corrected chi connectivity index (χ1v) is 9.68. The normalized spacial score (nSPS) is 19.5. The van der Waals surface area contributed by atoms with E-state index in [4.69, 9.17) is 0 Å². The molecular weight excluding hydrogens is 448 g/mol. The van der Waals surface area contributed by atoms with Crippen LogP contribution in [0.4, 0.5) is 21.0 Å². The largest absolute Gasteiger partial charge is 0.360 e. The van der Waals surface area contributed by atoms with Gasteiger partial charge in [-0.05, 0) is 34.7 Å². The lowest BCUT2D eigenvalue weighted by Crippen LogP contribution is -2.60. The van der Waals surface area contributed by atoms with E-state index in [1.807, 2.05) is 5.32 Å². The monoisotopic (exact) mass is 462 g/mol. The predicted octanol–water partition coefficient (Wildman–Crippen LogP) is 1.88. The van der Waals surface area contributed by atoms with Crippen molar-refractivity contribution in [2.75, 3.05) is 4.90 Å². The number of para-hydroxylation sites is 1. The van der Waals surface area contributed by atoms with Crippen LogP contribution in [0.2, 0.25) is 0 Å². The van der Waals surface area contributed by atoms with Gasteiger partial charge in [0.1, 0.15) is 6.42 Å². The third kappa shape index (κ3) is 4.27. The predicted molar refractivity (Wildman–Crippen MR) is 111 cm³/mol. The number of nitrogens with zero attached hydrogens (tertiary/aromatic N) is 7. The number of azo groups is 1. The zero-order valence-electron chi connectivity index (χ0n) is 17.1. The summed E-state index contributed by atoms with van der Waals surface area (Å²) in [6.45, 7) is 0. The minimum absolute atomic E-state index is 0.113. The minimum atomic E-state index is -1.80. The Balaban J connectivity index is 1.69. The summed E-state index contributed by atoms with van der Waals surface area (Å²) in [5.74, 6) is -4.05. The summed E-state index contributed by atoms with van der Waals surface area (Å²) in [6.07, 6.45) is -0.685. The van der Waals surface area contributed by atoms with Crippen LogP contribution in [0, 0.1) is 0 Å². The molecule has 170 valence electrons. The fourth-order valence-electron chi connectivity index (χ4n) is 2.95. The summed E-state index contributed by atoms with van der Waals surface area (Å²) in [6, 6.07) is 11.7. The second-order valence-corrected chi connectivity index (χ2v) is 6.81. The van der Waals surface area contributed by atoms with Gasteiger partial charge in [0.05, 0.1) is 11.4 Å². The molecule has 0 aliphatic carbocycles. The van der Waals surface area contributed by atoms with Gasteiger partial charge in [-0.25, -0.2) is 14.5 Å². The van der Waals surface area contributed by atoms with E-state index < -0.39 is 48.2 Å². The molecule has 2 aliphatic heterocycles. The molecule has 8 amide bonds. The quantitative estimate of drug-likeness (QED) is 0.524. The molecule has 2 aliphatic rings. The van der Waals surface area contributed by atoms with Crippen LogP contribution in [-0.4, -0.2) is 51.8 Å². The number of anilines is 1. The van der Waals surface area contributed by atoms with Crippen molar-refractivity contribution in [1.82, 2.24) is 15.3 Å². The van der Waals surface area contributed by atoms with Gasteiger partial charge in [0.2, 0.25) is 11.9 Å². The number of amides is 8. The molecule has 14 nitrogen and oxygen atoms in total. The van der Waals surface area contributed by atoms with Crippen molar-refractivity contribution in [3.63, 3.8) is 0 Å². The summed E-state index contributed by atoms with van der Waals surface area (Å²) in [5.41, 5.74) is 0.460. The highest BCUT2D eigenvalue weighted by atomic mass is 16.2. The number of barbiturate groups is 2. The Morgan fingerprint density at radius 2 is 1.38 bits per heavy atom. The van der Waals surface area contributed by atoms with Gasteiger partial charge in [-0.15, -0.1) is 10.0 Å². The second-order valence-electron chi connectivity index (χ2n) is 6.81.